The second-order valence-electron chi connectivity index (χ2n) is 5.08. The van der Waals surface area contributed by atoms with Crippen LogP contribution in [0.15, 0.2) is 61.3 Å². The molecule has 0 amide bonds. The molecule has 98 valence electrons. The van der Waals surface area contributed by atoms with E-state index in [1.165, 1.54) is 5.39 Å². The molecule has 4 heterocycles. The summed E-state index contributed by atoms with van der Waals surface area (Å²) in [6, 6.07) is 12.3. The van der Waals surface area contributed by atoms with Gasteiger partial charge in [-0.3, -0.25) is 14.4 Å². The minimum absolute atomic E-state index is 0.971. The molecule has 21 heavy (non-hydrogen) atoms. The first-order chi connectivity index (χ1) is 10.4. The first kappa shape index (κ1) is 10.7. The monoisotopic (exact) mass is 270 g/mol. The maximum absolute atomic E-state index is 4.58. The van der Waals surface area contributed by atoms with Gasteiger partial charge in [-0.2, -0.15) is 0 Å². The van der Waals surface area contributed by atoms with Crippen molar-refractivity contribution in [2.24, 2.45) is 0 Å². The molecule has 0 radical (unpaired) electrons. The predicted octanol–water partition coefficient (Wildman–Crippen LogP) is 3.58. The summed E-state index contributed by atoms with van der Waals surface area (Å²) < 4.78 is 2.06. The van der Waals surface area contributed by atoms with Gasteiger partial charge in [-0.1, -0.05) is 24.3 Å². The van der Waals surface area contributed by atoms with Crippen LogP contribution in [0.5, 0.6) is 0 Å². The first-order valence-electron chi connectivity index (χ1n) is 6.80. The highest BCUT2D eigenvalue weighted by Gasteiger charge is 2.12. The molecule has 1 aromatic carbocycles. The molecule has 0 saturated heterocycles. The third-order valence-corrected chi connectivity index (χ3v) is 3.97. The minimum Gasteiger partial charge on any atom is -0.295 e. The van der Waals surface area contributed by atoms with E-state index in [0.29, 0.717) is 0 Å². The molecule has 0 unspecified atom stereocenters. The summed E-state index contributed by atoms with van der Waals surface area (Å²) in [5.74, 6) is 0. The fourth-order valence-electron chi connectivity index (χ4n) is 3.07. The second kappa shape index (κ2) is 3.76. The van der Waals surface area contributed by atoms with Gasteiger partial charge in [-0.25, -0.2) is 4.98 Å². The van der Waals surface area contributed by atoms with E-state index in [4.69, 9.17) is 0 Å². The van der Waals surface area contributed by atoms with Crippen LogP contribution in [0, 0.1) is 0 Å². The van der Waals surface area contributed by atoms with Gasteiger partial charge in [0.25, 0.3) is 0 Å². The zero-order valence-electron chi connectivity index (χ0n) is 11.1. The maximum Gasteiger partial charge on any atom is 0.0998 e. The molecule has 0 fully saturated rings. The van der Waals surface area contributed by atoms with Crippen molar-refractivity contribution < 1.29 is 0 Å². The fraction of sp³-hybridized carbons (Fsp3) is 0. The number of pyridine rings is 3. The van der Waals surface area contributed by atoms with Crippen molar-refractivity contribution >= 4 is 38.2 Å². The number of para-hydroxylation sites is 1. The van der Waals surface area contributed by atoms with Crippen molar-refractivity contribution in [3.05, 3.63) is 61.3 Å². The highest BCUT2D eigenvalue weighted by molar-refractivity contribution is 6.20. The largest absolute Gasteiger partial charge is 0.295 e. The molecule has 0 bridgehead atoms. The molecule has 0 aliphatic heterocycles. The van der Waals surface area contributed by atoms with Gasteiger partial charge < -0.3 is 0 Å². The number of rotatable bonds is 0. The lowest BCUT2D eigenvalue weighted by atomic mass is 10.0. The Morgan fingerprint density at radius 1 is 0.810 bits per heavy atom. The van der Waals surface area contributed by atoms with E-state index in [0.717, 1.165) is 32.8 Å². The van der Waals surface area contributed by atoms with Crippen LogP contribution in [0.4, 0.5) is 0 Å². The zero-order chi connectivity index (χ0) is 13.8. The average molecular weight is 270 g/mol. The number of nitrogens with zero attached hydrogens (tertiary/aromatic N) is 4. The third kappa shape index (κ3) is 1.31. The number of fused-ring (bicyclic) bond motifs is 8. The lowest BCUT2D eigenvalue weighted by molar-refractivity contribution is 1.20. The molecule has 0 N–H and O–H groups in total. The summed E-state index contributed by atoms with van der Waals surface area (Å²) in [7, 11) is 0. The van der Waals surface area contributed by atoms with Gasteiger partial charge in [0.05, 0.1) is 40.8 Å². The standard InChI is InChI=1S/C17H10N4/c1-2-6-13-11(4-1)16-12-5-3-7-19-17(12)15-8-18-10-21(15)14(16)9-20-13/h1-10H. The summed E-state index contributed by atoms with van der Waals surface area (Å²) in [6.45, 7) is 0. The summed E-state index contributed by atoms with van der Waals surface area (Å²) in [5.41, 5.74) is 4.03. The van der Waals surface area contributed by atoms with Crippen molar-refractivity contribution in [3.63, 3.8) is 0 Å². The average Bonchev–Trinajstić information content (AvgIpc) is 3.04. The Balaban J connectivity index is 2.25. The van der Waals surface area contributed by atoms with E-state index >= 15 is 0 Å². The molecule has 0 aliphatic rings. The number of hydrogen-bond donors (Lipinski definition) is 0. The molecule has 0 aliphatic carbocycles. The molecule has 5 rings (SSSR count). The Morgan fingerprint density at radius 2 is 1.71 bits per heavy atom. The van der Waals surface area contributed by atoms with Crippen molar-refractivity contribution in [3.8, 4) is 0 Å². The molecule has 0 saturated carbocycles. The van der Waals surface area contributed by atoms with Gasteiger partial charge in [-0.05, 0) is 12.1 Å². The Labute approximate surface area is 119 Å². The Kier molecular flexibility index (Phi) is 1.92. The van der Waals surface area contributed by atoms with Crippen LogP contribution in [0.3, 0.4) is 0 Å². The number of imidazole rings is 1. The van der Waals surface area contributed by atoms with Crippen LogP contribution in [-0.4, -0.2) is 19.4 Å². The minimum atomic E-state index is 0.971. The molecule has 4 aromatic heterocycles. The lowest BCUT2D eigenvalue weighted by Crippen LogP contribution is -1.93. The molecule has 0 atom stereocenters. The summed E-state index contributed by atoms with van der Waals surface area (Å²) in [4.78, 5) is 13.4. The molecule has 5 aromatic rings. The predicted molar refractivity (Wildman–Crippen MR) is 83.3 cm³/mol. The Hall–Kier alpha value is -3.01. The van der Waals surface area contributed by atoms with Gasteiger partial charge in [0, 0.05) is 22.4 Å². The fourth-order valence-corrected chi connectivity index (χ4v) is 3.07. The van der Waals surface area contributed by atoms with E-state index < -0.39 is 0 Å². The van der Waals surface area contributed by atoms with Crippen molar-refractivity contribution in [1.82, 2.24) is 19.4 Å². The van der Waals surface area contributed by atoms with Crippen LogP contribution < -0.4 is 0 Å². The molecular formula is C17H10N4. The van der Waals surface area contributed by atoms with Crippen molar-refractivity contribution in [2.45, 2.75) is 0 Å². The first-order valence-corrected chi connectivity index (χ1v) is 6.80. The van der Waals surface area contributed by atoms with Gasteiger partial charge in [0.1, 0.15) is 0 Å². The van der Waals surface area contributed by atoms with Crippen molar-refractivity contribution in [1.29, 1.82) is 0 Å². The molecule has 4 heteroatoms. The maximum atomic E-state index is 4.58. The van der Waals surface area contributed by atoms with E-state index in [-0.39, 0.29) is 0 Å². The highest BCUT2D eigenvalue weighted by atomic mass is 15.0. The van der Waals surface area contributed by atoms with Crippen LogP contribution >= 0.6 is 0 Å². The summed E-state index contributed by atoms with van der Waals surface area (Å²) >= 11 is 0. The van der Waals surface area contributed by atoms with Crippen LogP contribution in [0.2, 0.25) is 0 Å². The topological polar surface area (TPSA) is 43.1 Å². The molecule has 4 nitrogen and oxygen atoms in total. The Bertz CT molecular complexity index is 1140. The van der Waals surface area contributed by atoms with E-state index in [1.54, 1.807) is 0 Å². The zero-order valence-corrected chi connectivity index (χ0v) is 11.1. The smallest absolute Gasteiger partial charge is 0.0998 e. The van der Waals surface area contributed by atoms with Gasteiger partial charge in [0.2, 0.25) is 0 Å². The van der Waals surface area contributed by atoms with Crippen LogP contribution in [0.25, 0.3) is 38.2 Å². The summed E-state index contributed by atoms with van der Waals surface area (Å²) in [6.07, 6.45) is 7.41. The lowest BCUT2D eigenvalue weighted by Gasteiger charge is -2.09. The van der Waals surface area contributed by atoms with Crippen LogP contribution in [-0.2, 0) is 0 Å². The van der Waals surface area contributed by atoms with E-state index in [1.807, 2.05) is 49.2 Å². The number of benzene rings is 1. The molecular weight excluding hydrogens is 260 g/mol. The summed E-state index contributed by atoms with van der Waals surface area (Å²) in [5, 5.41) is 3.46. The SMILES string of the molecule is c1ccc2c(c1)ncc1c2c2cccnc2c2cncn21. The van der Waals surface area contributed by atoms with E-state index in [9.17, 15) is 0 Å². The Morgan fingerprint density at radius 3 is 2.71 bits per heavy atom. The number of hydrogen-bond acceptors (Lipinski definition) is 3. The number of aromatic nitrogens is 4. The van der Waals surface area contributed by atoms with Gasteiger partial charge >= 0.3 is 0 Å². The van der Waals surface area contributed by atoms with Crippen molar-refractivity contribution in [2.75, 3.05) is 0 Å². The highest BCUT2D eigenvalue weighted by Crippen LogP contribution is 2.32. The van der Waals surface area contributed by atoms with Gasteiger partial charge in [0.15, 0.2) is 0 Å². The van der Waals surface area contributed by atoms with E-state index in [2.05, 4.69) is 31.5 Å². The third-order valence-electron chi connectivity index (χ3n) is 3.97. The second-order valence-corrected chi connectivity index (χ2v) is 5.08. The van der Waals surface area contributed by atoms with Crippen LogP contribution in [0.1, 0.15) is 0 Å². The quantitative estimate of drug-likeness (QED) is 0.404. The van der Waals surface area contributed by atoms with Gasteiger partial charge in [-0.15, -0.1) is 0 Å². The molecule has 0 spiro atoms. The normalized spacial score (nSPS) is 11.8.